The van der Waals surface area contributed by atoms with E-state index >= 15 is 0 Å². The molecule has 0 aromatic carbocycles. The molecule has 0 bridgehead atoms. The summed E-state index contributed by atoms with van der Waals surface area (Å²) in [5, 5.41) is 7.20. The van der Waals surface area contributed by atoms with Crippen LogP contribution in [-0.4, -0.2) is 25.7 Å². The Labute approximate surface area is 149 Å². The molecule has 0 saturated heterocycles. The third kappa shape index (κ3) is 4.44. The van der Waals surface area contributed by atoms with Gasteiger partial charge in [0.2, 0.25) is 5.91 Å². The molecule has 1 N–H and O–H groups in total. The Hall–Kier alpha value is -2.24. The van der Waals surface area contributed by atoms with Gasteiger partial charge in [0.1, 0.15) is 11.6 Å². The number of nitrogens with zero attached hydrogens (tertiary/aromatic N) is 4. The number of rotatable bonds is 5. The van der Waals surface area contributed by atoms with Gasteiger partial charge in [0, 0.05) is 19.2 Å². The van der Waals surface area contributed by atoms with Gasteiger partial charge >= 0.3 is 0 Å². The monoisotopic (exact) mass is 341 g/mol. The van der Waals surface area contributed by atoms with Crippen molar-refractivity contribution >= 4 is 11.7 Å². The number of pyridine rings is 1. The number of nitrogens with one attached hydrogen (secondary N) is 1. The number of anilines is 1. The van der Waals surface area contributed by atoms with Crippen molar-refractivity contribution in [1.82, 2.24) is 19.7 Å². The zero-order valence-corrected chi connectivity index (χ0v) is 15.3. The number of aromatic nitrogens is 4. The van der Waals surface area contributed by atoms with E-state index in [0.717, 1.165) is 5.82 Å². The summed E-state index contributed by atoms with van der Waals surface area (Å²) in [5.41, 5.74) is 1.28. The van der Waals surface area contributed by atoms with E-state index in [1.165, 1.54) is 37.7 Å². The first-order valence-corrected chi connectivity index (χ1v) is 9.18. The molecule has 6 heteroatoms. The number of amides is 1. The van der Waals surface area contributed by atoms with Crippen LogP contribution in [0.1, 0.15) is 75.0 Å². The number of carbonyl (C=O) groups is 1. The quantitative estimate of drug-likeness (QED) is 0.902. The average molecular weight is 341 g/mol. The van der Waals surface area contributed by atoms with E-state index in [9.17, 15) is 4.79 Å². The van der Waals surface area contributed by atoms with E-state index in [2.05, 4.69) is 26.4 Å². The Kier molecular flexibility index (Phi) is 5.46. The number of hydrogen-bond donors (Lipinski definition) is 1. The van der Waals surface area contributed by atoms with Gasteiger partial charge < -0.3 is 5.32 Å². The highest BCUT2D eigenvalue weighted by Gasteiger charge is 2.17. The number of carbonyl (C=O) groups excluding carboxylic acids is 1. The van der Waals surface area contributed by atoms with Gasteiger partial charge in [0.25, 0.3) is 0 Å². The minimum atomic E-state index is -0.122. The molecule has 2 aromatic rings. The topological polar surface area (TPSA) is 72.7 Å². The van der Waals surface area contributed by atoms with Gasteiger partial charge in [0.05, 0.1) is 6.42 Å². The lowest BCUT2D eigenvalue weighted by molar-refractivity contribution is -0.115. The van der Waals surface area contributed by atoms with Crippen LogP contribution in [0.5, 0.6) is 0 Å². The van der Waals surface area contributed by atoms with E-state index in [1.54, 1.807) is 4.68 Å². The molecule has 1 saturated carbocycles. The maximum Gasteiger partial charge on any atom is 0.233 e. The molecular formula is C19H27N5O. The molecule has 0 aliphatic heterocycles. The molecule has 134 valence electrons. The smallest absolute Gasteiger partial charge is 0.233 e. The first kappa shape index (κ1) is 17.6. The van der Waals surface area contributed by atoms with Crippen LogP contribution in [0.2, 0.25) is 0 Å². The molecule has 0 unspecified atom stereocenters. The Balaban J connectivity index is 1.59. The first-order chi connectivity index (χ1) is 12.0. The summed E-state index contributed by atoms with van der Waals surface area (Å²) < 4.78 is 1.68. The van der Waals surface area contributed by atoms with Crippen molar-refractivity contribution in [2.45, 2.75) is 64.2 Å². The van der Waals surface area contributed by atoms with Crippen LogP contribution in [0, 0.1) is 0 Å². The van der Waals surface area contributed by atoms with Crippen molar-refractivity contribution in [3.05, 3.63) is 35.5 Å². The van der Waals surface area contributed by atoms with Crippen molar-refractivity contribution in [2.75, 3.05) is 5.32 Å². The fourth-order valence-electron chi connectivity index (χ4n) is 3.32. The molecule has 25 heavy (non-hydrogen) atoms. The second kappa shape index (κ2) is 7.76. The van der Waals surface area contributed by atoms with Crippen LogP contribution in [0.15, 0.2) is 18.3 Å². The summed E-state index contributed by atoms with van der Waals surface area (Å²) in [7, 11) is 1.82. The minimum Gasteiger partial charge on any atom is -0.310 e. The number of hydrogen-bond acceptors (Lipinski definition) is 4. The van der Waals surface area contributed by atoms with Gasteiger partial charge in [0.15, 0.2) is 5.82 Å². The van der Waals surface area contributed by atoms with Crippen LogP contribution in [0.3, 0.4) is 0 Å². The lowest BCUT2D eigenvalue weighted by Gasteiger charge is -2.21. The fourth-order valence-corrected chi connectivity index (χ4v) is 3.32. The number of aryl methyl sites for hydroxylation is 1. The lowest BCUT2D eigenvalue weighted by Crippen LogP contribution is -2.18. The van der Waals surface area contributed by atoms with Crippen molar-refractivity contribution in [1.29, 1.82) is 0 Å². The summed E-state index contributed by atoms with van der Waals surface area (Å²) in [6.45, 7) is 4.08. The predicted molar refractivity (Wildman–Crippen MR) is 97.5 cm³/mol. The zero-order valence-electron chi connectivity index (χ0n) is 15.3. The highest BCUT2D eigenvalue weighted by molar-refractivity contribution is 5.90. The summed E-state index contributed by atoms with van der Waals surface area (Å²) in [6, 6.07) is 4.00. The molecule has 2 aromatic heterocycles. The molecule has 0 atom stereocenters. The Morgan fingerprint density at radius 1 is 1.28 bits per heavy atom. The van der Waals surface area contributed by atoms with Gasteiger partial charge in [-0.25, -0.2) is 9.97 Å². The van der Waals surface area contributed by atoms with E-state index in [1.807, 2.05) is 33.2 Å². The van der Waals surface area contributed by atoms with Gasteiger partial charge in [-0.05, 0) is 30.4 Å². The summed E-state index contributed by atoms with van der Waals surface area (Å²) in [4.78, 5) is 21.1. The molecule has 1 fully saturated rings. The van der Waals surface area contributed by atoms with Crippen LogP contribution in [-0.2, 0) is 18.3 Å². The van der Waals surface area contributed by atoms with Gasteiger partial charge in [-0.15, -0.1) is 0 Å². The molecule has 0 spiro atoms. The first-order valence-electron chi connectivity index (χ1n) is 9.18. The van der Waals surface area contributed by atoms with Gasteiger partial charge in [-0.1, -0.05) is 39.2 Å². The Morgan fingerprint density at radius 3 is 2.64 bits per heavy atom. The molecule has 2 heterocycles. The highest BCUT2D eigenvalue weighted by atomic mass is 16.1. The molecule has 0 radical (unpaired) electrons. The second-order valence-corrected chi connectivity index (χ2v) is 7.20. The standard InChI is InChI=1S/C19H27N5O/c1-13(2)19-22-17(24(3)23-19)11-18(25)21-16-10-9-15(12-20-16)14-7-5-4-6-8-14/h9-10,12-14H,4-8,11H2,1-3H3,(H,20,21,25). The average Bonchev–Trinajstić information content (AvgIpc) is 2.97. The van der Waals surface area contributed by atoms with Crippen LogP contribution < -0.4 is 5.32 Å². The van der Waals surface area contributed by atoms with E-state index < -0.39 is 0 Å². The maximum absolute atomic E-state index is 12.3. The zero-order chi connectivity index (χ0) is 17.8. The van der Waals surface area contributed by atoms with Crippen molar-refractivity contribution in [3.8, 4) is 0 Å². The summed E-state index contributed by atoms with van der Waals surface area (Å²) in [6.07, 6.45) is 8.56. The third-order valence-corrected chi connectivity index (χ3v) is 4.84. The van der Waals surface area contributed by atoms with Crippen LogP contribution in [0.25, 0.3) is 0 Å². The van der Waals surface area contributed by atoms with Gasteiger partial charge in [-0.2, -0.15) is 5.10 Å². The fraction of sp³-hybridized carbons (Fsp3) is 0.579. The largest absolute Gasteiger partial charge is 0.310 e. The SMILES string of the molecule is CC(C)c1nc(CC(=O)Nc2ccc(C3CCCCC3)cn2)n(C)n1. The normalized spacial score (nSPS) is 15.5. The van der Waals surface area contributed by atoms with E-state index in [4.69, 9.17) is 0 Å². The molecule has 1 amide bonds. The van der Waals surface area contributed by atoms with Crippen molar-refractivity contribution < 1.29 is 4.79 Å². The van der Waals surface area contributed by atoms with Crippen LogP contribution in [0.4, 0.5) is 5.82 Å². The van der Waals surface area contributed by atoms with Gasteiger partial charge in [-0.3, -0.25) is 9.48 Å². The molecule has 6 nitrogen and oxygen atoms in total. The minimum absolute atomic E-state index is 0.122. The third-order valence-electron chi connectivity index (χ3n) is 4.84. The Bertz CT molecular complexity index is 714. The van der Waals surface area contributed by atoms with E-state index in [0.29, 0.717) is 17.6 Å². The molecule has 1 aliphatic rings. The van der Waals surface area contributed by atoms with Crippen LogP contribution >= 0.6 is 0 Å². The highest BCUT2D eigenvalue weighted by Crippen LogP contribution is 2.32. The summed E-state index contributed by atoms with van der Waals surface area (Å²) >= 11 is 0. The lowest BCUT2D eigenvalue weighted by atomic mass is 9.85. The second-order valence-electron chi connectivity index (χ2n) is 7.20. The van der Waals surface area contributed by atoms with Crippen molar-refractivity contribution in [3.63, 3.8) is 0 Å². The Morgan fingerprint density at radius 2 is 2.04 bits per heavy atom. The van der Waals surface area contributed by atoms with Crippen molar-refractivity contribution in [2.24, 2.45) is 7.05 Å². The summed E-state index contributed by atoms with van der Waals surface area (Å²) in [5.74, 6) is 2.77. The maximum atomic E-state index is 12.3. The molecular weight excluding hydrogens is 314 g/mol. The molecule has 1 aliphatic carbocycles. The van der Waals surface area contributed by atoms with E-state index in [-0.39, 0.29) is 18.2 Å². The predicted octanol–water partition coefficient (Wildman–Crippen LogP) is 3.56. The molecule has 3 rings (SSSR count).